The number of morpholine rings is 1. The first-order valence-electron chi connectivity index (χ1n) is 7.86. The van der Waals surface area contributed by atoms with E-state index in [2.05, 4.69) is 10.3 Å². The molecule has 7 nitrogen and oxygen atoms in total. The number of ether oxygens (including phenoxy) is 2. The minimum atomic E-state index is -0.0738. The molecule has 1 atom stereocenters. The largest absolute Gasteiger partial charge is 0.376 e. The molecule has 124 valence electrons. The Morgan fingerprint density at radius 2 is 2.30 bits per heavy atom. The highest BCUT2D eigenvalue weighted by Gasteiger charge is 2.25. The van der Waals surface area contributed by atoms with Crippen LogP contribution < -0.4 is 0 Å². The Morgan fingerprint density at radius 1 is 1.48 bits per heavy atom. The standard InChI is InChI=1S/C16H22N4O3/c1-11(2)23-10-13-9-20(6-7-22-13)16(21)12-4-5-15-14(8-12)17-18-19(15)3/h4-5,8,11,13H,6-7,9-10H2,1-3H3. The molecule has 2 aromatic rings. The molecular weight excluding hydrogens is 296 g/mol. The van der Waals surface area contributed by atoms with Crippen molar-refractivity contribution < 1.29 is 14.3 Å². The molecule has 1 aromatic carbocycles. The lowest BCUT2D eigenvalue weighted by molar-refractivity contribution is -0.0725. The van der Waals surface area contributed by atoms with E-state index in [1.165, 1.54) is 0 Å². The monoisotopic (exact) mass is 318 g/mol. The molecule has 0 bridgehead atoms. The van der Waals surface area contributed by atoms with Crippen molar-refractivity contribution in [3.05, 3.63) is 23.8 Å². The molecule has 7 heteroatoms. The number of carbonyl (C=O) groups excluding carboxylic acids is 1. The number of benzene rings is 1. The third kappa shape index (κ3) is 3.51. The summed E-state index contributed by atoms with van der Waals surface area (Å²) in [6.07, 6.45) is 0.0825. The van der Waals surface area contributed by atoms with E-state index in [1.54, 1.807) is 10.7 Å². The Labute approximate surface area is 135 Å². The Kier molecular flexibility index (Phi) is 4.58. The zero-order valence-electron chi connectivity index (χ0n) is 13.7. The molecule has 0 aliphatic carbocycles. The Bertz CT molecular complexity index is 698. The molecule has 2 heterocycles. The van der Waals surface area contributed by atoms with Gasteiger partial charge in [-0.15, -0.1) is 5.10 Å². The molecule has 0 radical (unpaired) electrons. The van der Waals surface area contributed by atoms with E-state index in [-0.39, 0.29) is 18.1 Å². The molecule has 1 unspecified atom stereocenters. The topological polar surface area (TPSA) is 69.5 Å². The molecule has 23 heavy (non-hydrogen) atoms. The van der Waals surface area contributed by atoms with E-state index in [0.717, 1.165) is 11.0 Å². The third-order valence-corrected chi connectivity index (χ3v) is 3.90. The highest BCUT2D eigenvalue weighted by molar-refractivity contribution is 5.97. The number of hydrogen-bond acceptors (Lipinski definition) is 5. The van der Waals surface area contributed by atoms with E-state index >= 15 is 0 Å². The summed E-state index contributed by atoms with van der Waals surface area (Å²) in [5, 5.41) is 8.03. The summed E-state index contributed by atoms with van der Waals surface area (Å²) in [5.41, 5.74) is 2.27. The van der Waals surface area contributed by atoms with Crippen molar-refractivity contribution in [1.82, 2.24) is 19.9 Å². The van der Waals surface area contributed by atoms with Crippen LogP contribution in [0.5, 0.6) is 0 Å². The van der Waals surface area contributed by atoms with Crippen LogP contribution in [0.15, 0.2) is 18.2 Å². The second kappa shape index (κ2) is 6.64. The summed E-state index contributed by atoms with van der Waals surface area (Å²) < 4.78 is 13.0. The Balaban J connectivity index is 1.70. The van der Waals surface area contributed by atoms with Gasteiger partial charge in [-0.3, -0.25) is 4.79 Å². The van der Waals surface area contributed by atoms with Gasteiger partial charge in [-0.1, -0.05) is 5.21 Å². The van der Waals surface area contributed by atoms with Crippen LogP contribution >= 0.6 is 0 Å². The molecule has 1 amide bonds. The van der Waals surface area contributed by atoms with Crippen LogP contribution in [0, 0.1) is 0 Å². The van der Waals surface area contributed by atoms with Crippen molar-refractivity contribution in [3.8, 4) is 0 Å². The summed E-state index contributed by atoms with van der Waals surface area (Å²) in [7, 11) is 1.83. The molecule has 1 aromatic heterocycles. The number of amides is 1. The van der Waals surface area contributed by atoms with Gasteiger partial charge in [0.2, 0.25) is 0 Å². The molecule has 1 saturated heterocycles. The van der Waals surface area contributed by atoms with Crippen LogP contribution in [0.2, 0.25) is 0 Å². The maximum atomic E-state index is 12.7. The van der Waals surface area contributed by atoms with Crippen LogP contribution in [0.25, 0.3) is 11.0 Å². The first-order valence-corrected chi connectivity index (χ1v) is 7.86. The fraction of sp³-hybridized carbons (Fsp3) is 0.562. The summed E-state index contributed by atoms with van der Waals surface area (Å²) in [6, 6.07) is 5.49. The average molecular weight is 318 g/mol. The van der Waals surface area contributed by atoms with Gasteiger partial charge in [-0.05, 0) is 32.0 Å². The normalized spacial score (nSPS) is 18.8. The number of rotatable bonds is 4. The van der Waals surface area contributed by atoms with Gasteiger partial charge in [0.1, 0.15) is 5.52 Å². The number of aromatic nitrogens is 3. The predicted molar refractivity (Wildman–Crippen MR) is 85.2 cm³/mol. The molecule has 0 N–H and O–H groups in total. The van der Waals surface area contributed by atoms with Gasteiger partial charge in [0.15, 0.2) is 0 Å². The van der Waals surface area contributed by atoms with Crippen LogP contribution in [-0.4, -0.2) is 64.3 Å². The minimum Gasteiger partial charge on any atom is -0.376 e. The number of fused-ring (bicyclic) bond motifs is 1. The van der Waals surface area contributed by atoms with E-state index in [1.807, 2.05) is 37.9 Å². The number of aryl methyl sites for hydroxylation is 1. The minimum absolute atomic E-state index is 0.00426. The molecule has 1 aliphatic rings. The second-order valence-corrected chi connectivity index (χ2v) is 6.04. The number of nitrogens with zero attached hydrogens (tertiary/aromatic N) is 4. The maximum Gasteiger partial charge on any atom is 0.254 e. The SMILES string of the molecule is CC(C)OCC1CN(C(=O)c2ccc3c(c2)nnn3C)CCO1. The Morgan fingerprint density at radius 3 is 3.09 bits per heavy atom. The van der Waals surface area contributed by atoms with Crippen LogP contribution in [-0.2, 0) is 16.5 Å². The van der Waals surface area contributed by atoms with Gasteiger partial charge in [-0.25, -0.2) is 4.68 Å². The molecule has 1 aliphatic heterocycles. The van der Waals surface area contributed by atoms with Crippen molar-refractivity contribution in [2.75, 3.05) is 26.3 Å². The van der Waals surface area contributed by atoms with Crippen molar-refractivity contribution in [1.29, 1.82) is 0 Å². The summed E-state index contributed by atoms with van der Waals surface area (Å²) >= 11 is 0. The average Bonchev–Trinajstić information content (AvgIpc) is 2.93. The smallest absolute Gasteiger partial charge is 0.254 e. The first kappa shape index (κ1) is 15.9. The summed E-state index contributed by atoms with van der Waals surface area (Å²) in [6.45, 7) is 6.15. The zero-order valence-corrected chi connectivity index (χ0v) is 13.7. The lowest BCUT2D eigenvalue weighted by Crippen LogP contribution is -2.47. The number of carbonyl (C=O) groups is 1. The molecule has 3 rings (SSSR count). The van der Waals surface area contributed by atoms with Gasteiger partial charge >= 0.3 is 0 Å². The third-order valence-electron chi connectivity index (χ3n) is 3.90. The summed E-state index contributed by atoms with van der Waals surface area (Å²) in [4.78, 5) is 14.5. The van der Waals surface area contributed by atoms with Crippen LogP contribution in [0.1, 0.15) is 24.2 Å². The lowest BCUT2D eigenvalue weighted by atomic mass is 10.1. The van der Waals surface area contributed by atoms with Crippen LogP contribution in [0.3, 0.4) is 0 Å². The highest BCUT2D eigenvalue weighted by Crippen LogP contribution is 2.16. The van der Waals surface area contributed by atoms with Crippen molar-refractivity contribution in [2.24, 2.45) is 7.05 Å². The molecule has 0 spiro atoms. The first-order chi connectivity index (χ1) is 11.0. The highest BCUT2D eigenvalue weighted by atomic mass is 16.5. The summed E-state index contributed by atoms with van der Waals surface area (Å²) in [5.74, 6) is -0.00426. The van der Waals surface area contributed by atoms with E-state index in [9.17, 15) is 4.79 Å². The fourth-order valence-electron chi connectivity index (χ4n) is 2.66. The zero-order chi connectivity index (χ0) is 16.4. The maximum absolute atomic E-state index is 12.7. The predicted octanol–water partition coefficient (Wildman–Crippen LogP) is 1.23. The number of hydrogen-bond donors (Lipinski definition) is 0. The molecular formula is C16H22N4O3. The molecule has 1 fully saturated rings. The Hall–Kier alpha value is -1.99. The molecule has 0 saturated carbocycles. The van der Waals surface area contributed by atoms with Gasteiger partial charge < -0.3 is 14.4 Å². The van der Waals surface area contributed by atoms with E-state index in [4.69, 9.17) is 9.47 Å². The van der Waals surface area contributed by atoms with Crippen LogP contribution in [0.4, 0.5) is 0 Å². The van der Waals surface area contributed by atoms with E-state index < -0.39 is 0 Å². The van der Waals surface area contributed by atoms with Gasteiger partial charge in [0, 0.05) is 25.7 Å². The fourth-order valence-corrected chi connectivity index (χ4v) is 2.66. The van der Waals surface area contributed by atoms with Gasteiger partial charge in [0.05, 0.1) is 30.9 Å². The second-order valence-electron chi connectivity index (χ2n) is 6.04. The van der Waals surface area contributed by atoms with Gasteiger partial charge in [0.25, 0.3) is 5.91 Å². The van der Waals surface area contributed by atoms with E-state index in [0.29, 0.717) is 31.9 Å². The van der Waals surface area contributed by atoms with Crippen molar-refractivity contribution in [3.63, 3.8) is 0 Å². The lowest BCUT2D eigenvalue weighted by Gasteiger charge is -2.33. The quantitative estimate of drug-likeness (QED) is 0.848. The van der Waals surface area contributed by atoms with Crippen molar-refractivity contribution >= 4 is 16.9 Å². The van der Waals surface area contributed by atoms with Crippen molar-refractivity contribution in [2.45, 2.75) is 26.1 Å². The van der Waals surface area contributed by atoms with Gasteiger partial charge in [-0.2, -0.15) is 0 Å².